The molecule has 0 aromatic heterocycles. The normalized spacial score (nSPS) is 21.3. The zero-order chi connectivity index (χ0) is 26.3. The van der Waals surface area contributed by atoms with Crippen molar-refractivity contribution in [3.63, 3.8) is 0 Å². The molecule has 38 heavy (non-hydrogen) atoms. The summed E-state index contributed by atoms with van der Waals surface area (Å²) in [6.07, 6.45) is 4.14. The number of carbonyl (C=O) groups is 2. The van der Waals surface area contributed by atoms with Gasteiger partial charge in [-0.25, -0.2) is 0 Å². The lowest BCUT2D eigenvalue weighted by Crippen LogP contribution is -2.56. The van der Waals surface area contributed by atoms with Crippen LogP contribution in [0.4, 0.5) is 5.69 Å². The van der Waals surface area contributed by atoms with Crippen molar-refractivity contribution in [2.24, 2.45) is 5.92 Å². The highest BCUT2D eigenvalue weighted by Crippen LogP contribution is 2.45. The van der Waals surface area contributed by atoms with Crippen LogP contribution in [0.5, 0.6) is 0 Å². The molecule has 1 spiro atoms. The Morgan fingerprint density at radius 3 is 2.53 bits per heavy atom. The number of fused-ring (bicyclic) bond motifs is 2. The van der Waals surface area contributed by atoms with Gasteiger partial charge < -0.3 is 19.4 Å². The number of ether oxygens (including phenoxy) is 1. The van der Waals surface area contributed by atoms with Gasteiger partial charge in [-0.15, -0.1) is 0 Å². The van der Waals surface area contributed by atoms with E-state index in [0.29, 0.717) is 6.61 Å². The first-order chi connectivity index (χ1) is 18.5. The molecule has 2 aromatic carbocycles. The smallest absolute Gasteiger partial charge is 0.254 e. The molecule has 2 fully saturated rings. The predicted molar refractivity (Wildman–Crippen MR) is 148 cm³/mol. The highest BCUT2D eigenvalue weighted by Gasteiger charge is 2.52. The predicted octanol–water partition coefficient (Wildman–Crippen LogP) is 3.21. The molecule has 0 N–H and O–H groups in total. The molecule has 2 amide bonds. The van der Waals surface area contributed by atoms with Crippen molar-refractivity contribution in [1.82, 2.24) is 14.7 Å². The van der Waals surface area contributed by atoms with Crippen molar-refractivity contribution in [2.75, 3.05) is 64.4 Å². The van der Waals surface area contributed by atoms with Crippen LogP contribution in [0.1, 0.15) is 46.8 Å². The number of rotatable bonds is 7. The standard InChI is InChI=1S/C31H40N4O3/c1-23(36)35-16-15-34(22-31(35)11-12-31)28-7-8-29-26(17-28)10-14-33(30(29)37)19-24(21-38-2)18-32-13-9-25-5-3-4-6-27(25)20-32/h3-8,17,24H,9-16,18-22H2,1-2H3. The Bertz CT molecular complexity index is 1210. The van der Waals surface area contributed by atoms with Gasteiger partial charge in [-0.3, -0.25) is 14.5 Å². The van der Waals surface area contributed by atoms with E-state index in [1.807, 2.05) is 11.0 Å². The van der Waals surface area contributed by atoms with Crippen LogP contribution in [0.2, 0.25) is 0 Å². The Hall–Kier alpha value is -2.90. The van der Waals surface area contributed by atoms with Gasteiger partial charge in [0.05, 0.1) is 12.1 Å². The molecule has 1 atom stereocenters. The van der Waals surface area contributed by atoms with Crippen molar-refractivity contribution in [3.8, 4) is 0 Å². The third-order valence-corrected chi connectivity index (χ3v) is 9.09. The molecule has 1 saturated heterocycles. The second-order valence-corrected chi connectivity index (χ2v) is 11.7. The fourth-order valence-corrected chi connectivity index (χ4v) is 6.94. The van der Waals surface area contributed by atoms with Crippen LogP contribution < -0.4 is 4.90 Å². The van der Waals surface area contributed by atoms with Crippen LogP contribution in [0.25, 0.3) is 0 Å². The Balaban J connectivity index is 1.10. The molecular formula is C31H40N4O3. The molecule has 1 aliphatic carbocycles. The summed E-state index contributed by atoms with van der Waals surface area (Å²) in [6.45, 7) is 9.30. The summed E-state index contributed by atoms with van der Waals surface area (Å²) >= 11 is 0. The van der Waals surface area contributed by atoms with E-state index in [9.17, 15) is 9.59 Å². The highest BCUT2D eigenvalue weighted by molar-refractivity contribution is 5.97. The van der Waals surface area contributed by atoms with Gasteiger partial charge in [0.2, 0.25) is 5.91 Å². The Labute approximate surface area is 226 Å². The van der Waals surface area contributed by atoms with Gasteiger partial charge in [-0.1, -0.05) is 24.3 Å². The van der Waals surface area contributed by atoms with E-state index in [0.717, 1.165) is 89.2 Å². The fraction of sp³-hybridized carbons (Fsp3) is 0.548. The third kappa shape index (κ3) is 4.94. The average molecular weight is 517 g/mol. The molecule has 7 nitrogen and oxygen atoms in total. The summed E-state index contributed by atoms with van der Waals surface area (Å²) in [7, 11) is 1.76. The van der Waals surface area contributed by atoms with Gasteiger partial charge >= 0.3 is 0 Å². The number of piperazine rings is 1. The van der Waals surface area contributed by atoms with Gasteiger partial charge in [0.25, 0.3) is 5.91 Å². The van der Waals surface area contributed by atoms with Gasteiger partial charge in [0, 0.05) is 83.6 Å². The average Bonchev–Trinajstić information content (AvgIpc) is 3.68. The number of hydrogen-bond donors (Lipinski definition) is 0. The zero-order valence-corrected chi connectivity index (χ0v) is 22.8. The molecule has 202 valence electrons. The van der Waals surface area contributed by atoms with Crippen LogP contribution >= 0.6 is 0 Å². The third-order valence-electron chi connectivity index (χ3n) is 9.09. The van der Waals surface area contributed by atoms with Crippen LogP contribution in [0, 0.1) is 5.92 Å². The molecular weight excluding hydrogens is 476 g/mol. The van der Waals surface area contributed by atoms with Crippen molar-refractivity contribution >= 4 is 17.5 Å². The Morgan fingerprint density at radius 1 is 0.974 bits per heavy atom. The molecule has 0 radical (unpaired) electrons. The molecule has 3 aliphatic heterocycles. The van der Waals surface area contributed by atoms with Crippen molar-refractivity contribution in [2.45, 2.75) is 44.7 Å². The summed E-state index contributed by atoms with van der Waals surface area (Å²) in [5, 5.41) is 0. The van der Waals surface area contributed by atoms with E-state index in [4.69, 9.17) is 4.74 Å². The van der Waals surface area contributed by atoms with Crippen LogP contribution in [-0.4, -0.2) is 91.6 Å². The minimum Gasteiger partial charge on any atom is -0.384 e. The first-order valence-electron chi connectivity index (χ1n) is 14.2. The number of nitrogens with zero attached hydrogens (tertiary/aromatic N) is 4. The first kappa shape index (κ1) is 25.4. The van der Waals surface area contributed by atoms with Gasteiger partial charge in [-0.2, -0.15) is 0 Å². The van der Waals surface area contributed by atoms with E-state index in [-0.39, 0.29) is 23.3 Å². The largest absolute Gasteiger partial charge is 0.384 e. The highest BCUT2D eigenvalue weighted by atomic mass is 16.5. The summed E-state index contributed by atoms with van der Waals surface area (Å²) in [6, 6.07) is 15.1. The van der Waals surface area contributed by atoms with Gasteiger partial charge in [0.1, 0.15) is 0 Å². The van der Waals surface area contributed by atoms with Crippen LogP contribution in [0.15, 0.2) is 42.5 Å². The summed E-state index contributed by atoms with van der Waals surface area (Å²) in [4.78, 5) is 34.7. The van der Waals surface area contributed by atoms with Gasteiger partial charge in [-0.05, 0) is 60.6 Å². The number of hydrogen-bond acceptors (Lipinski definition) is 5. The SMILES string of the molecule is COCC(CN1CCc2ccccc2C1)CN1CCc2cc(N3CCN(C(C)=O)C4(CC4)C3)ccc2C1=O. The molecule has 0 bridgehead atoms. The van der Waals surface area contributed by atoms with Gasteiger partial charge in [0.15, 0.2) is 0 Å². The van der Waals surface area contributed by atoms with Crippen LogP contribution in [-0.2, 0) is 28.9 Å². The van der Waals surface area contributed by atoms with E-state index < -0.39 is 0 Å². The first-order valence-corrected chi connectivity index (χ1v) is 14.2. The number of anilines is 1. The number of methoxy groups -OCH3 is 1. The van der Waals surface area contributed by atoms with E-state index in [1.165, 1.54) is 16.8 Å². The number of benzene rings is 2. The molecule has 7 heteroatoms. The Morgan fingerprint density at radius 2 is 1.76 bits per heavy atom. The van der Waals surface area contributed by atoms with E-state index in [1.54, 1.807) is 14.0 Å². The van der Waals surface area contributed by atoms with Crippen molar-refractivity contribution < 1.29 is 14.3 Å². The quantitative estimate of drug-likeness (QED) is 0.566. The summed E-state index contributed by atoms with van der Waals surface area (Å²) in [5.41, 5.74) is 6.08. The lowest BCUT2D eigenvalue weighted by atomic mass is 9.95. The fourth-order valence-electron chi connectivity index (χ4n) is 6.94. The lowest BCUT2D eigenvalue weighted by molar-refractivity contribution is -0.132. The molecule has 3 heterocycles. The van der Waals surface area contributed by atoms with Crippen molar-refractivity contribution in [1.29, 1.82) is 0 Å². The molecule has 1 saturated carbocycles. The molecule has 6 rings (SSSR count). The number of carbonyl (C=O) groups excluding carboxylic acids is 2. The van der Waals surface area contributed by atoms with E-state index >= 15 is 0 Å². The number of amides is 2. The minimum absolute atomic E-state index is 0.0272. The minimum atomic E-state index is 0.0272. The Kier molecular flexibility index (Phi) is 6.91. The van der Waals surface area contributed by atoms with Crippen molar-refractivity contribution in [3.05, 3.63) is 64.7 Å². The molecule has 2 aromatic rings. The maximum absolute atomic E-state index is 13.5. The lowest BCUT2D eigenvalue weighted by Gasteiger charge is -2.43. The monoisotopic (exact) mass is 516 g/mol. The summed E-state index contributed by atoms with van der Waals surface area (Å²) < 4.78 is 5.59. The topological polar surface area (TPSA) is 56.3 Å². The molecule has 4 aliphatic rings. The molecule has 1 unspecified atom stereocenters. The summed E-state index contributed by atoms with van der Waals surface area (Å²) in [5.74, 6) is 0.612. The van der Waals surface area contributed by atoms with Crippen LogP contribution in [0.3, 0.4) is 0 Å². The maximum Gasteiger partial charge on any atom is 0.254 e. The van der Waals surface area contributed by atoms with E-state index in [2.05, 4.69) is 51.1 Å². The maximum atomic E-state index is 13.5. The second kappa shape index (κ2) is 10.3. The second-order valence-electron chi connectivity index (χ2n) is 11.7. The zero-order valence-electron chi connectivity index (χ0n) is 22.8.